The van der Waals surface area contributed by atoms with Crippen LogP contribution in [0, 0.1) is 6.92 Å². The van der Waals surface area contributed by atoms with Crippen molar-refractivity contribution in [3.63, 3.8) is 0 Å². The van der Waals surface area contributed by atoms with E-state index in [1.54, 1.807) is 48.5 Å². The van der Waals surface area contributed by atoms with Gasteiger partial charge in [-0.05, 0) is 61.0 Å². The molecule has 2 heterocycles. The van der Waals surface area contributed by atoms with E-state index >= 15 is 0 Å². The molecular weight excluding hydrogens is 364 g/mol. The van der Waals surface area contributed by atoms with Crippen LogP contribution in [0.3, 0.4) is 0 Å². The summed E-state index contributed by atoms with van der Waals surface area (Å²) in [5.74, 6) is -0.333. The molecule has 0 aliphatic heterocycles. The monoisotopic (exact) mass is 378 g/mol. The number of hydrogen-bond acceptors (Lipinski definition) is 6. The van der Waals surface area contributed by atoms with E-state index in [4.69, 9.17) is 4.42 Å². The van der Waals surface area contributed by atoms with Gasteiger partial charge in [0.2, 0.25) is 0 Å². The first-order chi connectivity index (χ1) is 13.1. The zero-order valence-electron chi connectivity index (χ0n) is 14.2. The molecule has 0 aliphatic carbocycles. The molecule has 2 N–H and O–H groups in total. The second-order valence-corrected chi connectivity index (χ2v) is 6.41. The first-order valence-corrected chi connectivity index (χ1v) is 8.82. The van der Waals surface area contributed by atoms with Gasteiger partial charge in [-0.25, -0.2) is 0 Å². The van der Waals surface area contributed by atoms with Gasteiger partial charge in [-0.3, -0.25) is 9.59 Å². The van der Waals surface area contributed by atoms with Crippen molar-refractivity contribution in [1.29, 1.82) is 0 Å². The maximum Gasteiger partial charge on any atom is 0.291 e. The molecule has 0 aliphatic rings. The Hall–Kier alpha value is -3.52. The molecule has 4 aromatic rings. The molecule has 0 atom stereocenters. The van der Waals surface area contributed by atoms with Gasteiger partial charge in [0.15, 0.2) is 5.76 Å². The lowest BCUT2D eigenvalue weighted by atomic mass is 10.1. The second kappa shape index (κ2) is 7.00. The van der Waals surface area contributed by atoms with Gasteiger partial charge in [0, 0.05) is 16.9 Å². The Kier molecular flexibility index (Phi) is 4.39. The van der Waals surface area contributed by atoms with E-state index in [0.29, 0.717) is 22.5 Å². The molecule has 0 saturated carbocycles. The van der Waals surface area contributed by atoms with E-state index < -0.39 is 0 Å². The van der Waals surface area contributed by atoms with E-state index in [2.05, 4.69) is 19.4 Å². The topological polar surface area (TPSA) is 97.1 Å². The van der Waals surface area contributed by atoms with Crippen LogP contribution in [0.1, 0.15) is 26.5 Å². The highest BCUT2D eigenvalue weighted by molar-refractivity contribution is 7.00. The van der Waals surface area contributed by atoms with E-state index in [9.17, 15) is 9.59 Å². The number of anilines is 2. The Morgan fingerprint density at radius 2 is 1.81 bits per heavy atom. The summed E-state index contributed by atoms with van der Waals surface area (Å²) in [6.07, 6.45) is 1.44. The largest absolute Gasteiger partial charge is 0.459 e. The maximum atomic E-state index is 12.5. The van der Waals surface area contributed by atoms with E-state index in [1.807, 2.05) is 6.92 Å². The van der Waals surface area contributed by atoms with Crippen LogP contribution in [0.25, 0.3) is 11.0 Å². The molecule has 4 rings (SSSR count). The highest BCUT2D eigenvalue weighted by Crippen LogP contribution is 2.22. The standard InChI is InChI=1S/C19H14N4O3S/c1-11-9-13(5-7-14(11)21-19(25)17-3-2-8-26-17)20-18(24)12-4-6-15-16(10-12)23-27-22-15/h2-10H,1H3,(H,20,24)(H,21,25). The molecule has 0 spiro atoms. The average Bonchev–Trinajstić information content (AvgIpc) is 3.34. The predicted octanol–water partition coefficient (Wildman–Crippen LogP) is 4.10. The van der Waals surface area contributed by atoms with Crippen molar-refractivity contribution < 1.29 is 14.0 Å². The number of carbonyl (C=O) groups is 2. The number of carbonyl (C=O) groups excluding carboxylic acids is 2. The molecule has 0 fully saturated rings. The number of aryl methyl sites for hydroxylation is 1. The second-order valence-electron chi connectivity index (χ2n) is 5.88. The van der Waals surface area contributed by atoms with Crippen LogP contribution < -0.4 is 10.6 Å². The van der Waals surface area contributed by atoms with Crippen molar-refractivity contribution in [2.24, 2.45) is 0 Å². The number of benzene rings is 2. The molecule has 2 amide bonds. The third kappa shape index (κ3) is 3.56. The van der Waals surface area contributed by atoms with Crippen LogP contribution in [-0.4, -0.2) is 20.6 Å². The van der Waals surface area contributed by atoms with Gasteiger partial charge in [-0.15, -0.1) is 0 Å². The summed E-state index contributed by atoms with van der Waals surface area (Å²) in [5, 5.41) is 5.63. The smallest absolute Gasteiger partial charge is 0.291 e. The first-order valence-electron chi connectivity index (χ1n) is 8.09. The van der Waals surface area contributed by atoms with Gasteiger partial charge >= 0.3 is 0 Å². The Balaban J connectivity index is 1.48. The van der Waals surface area contributed by atoms with Crippen LogP contribution in [-0.2, 0) is 0 Å². The molecule has 27 heavy (non-hydrogen) atoms. The molecule has 0 radical (unpaired) electrons. The highest BCUT2D eigenvalue weighted by atomic mass is 32.1. The molecule has 0 saturated heterocycles. The van der Waals surface area contributed by atoms with E-state index in [1.165, 1.54) is 6.26 Å². The Bertz CT molecular complexity index is 1140. The van der Waals surface area contributed by atoms with E-state index in [0.717, 1.165) is 22.8 Å². The third-order valence-electron chi connectivity index (χ3n) is 3.99. The summed E-state index contributed by atoms with van der Waals surface area (Å²) < 4.78 is 13.3. The number of nitrogens with one attached hydrogen (secondary N) is 2. The fourth-order valence-electron chi connectivity index (χ4n) is 2.60. The molecule has 0 unspecified atom stereocenters. The van der Waals surface area contributed by atoms with Crippen molar-refractivity contribution in [3.8, 4) is 0 Å². The molecule has 0 bridgehead atoms. The Morgan fingerprint density at radius 3 is 2.59 bits per heavy atom. The molecule has 2 aromatic heterocycles. The minimum absolute atomic E-state index is 0.235. The molecule has 7 nitrogen and oxygen atoms in total. The lowest BCUT2D eigenvalue weighted by molar-refractivity contribution is 0.0994. The lowest BCUT2D eigenvalue weighted by Crippen LogP contribution is -2.14. The van der Waals surface area contributed by atoms with Gasteiger partial charge in [0.05, 0.1) is 18.0 Å². The molecule has 8 heteroatoms. The zero-order chi connectivity index (χ0) is 18.8. The van der Waals surface area contributed by atoms with Gasteiger partial charge in [0.25, 0.3) is 11.8 Å². The summed E-state index contributed by atoms with van der Waals surface area (Å²) >= 11 is 1.11. The average molecular weight is 378 g/mol. The fourth-order valence-corrected chi connectivity index (χ4v) is 3.12. The van der Waals surface area contributed by atoms with Gasteiger partial charge in [0.1, 0.15) is 11.0 Å². The SMILES string of the molecule is Cc1cc(NC(=O)c2ccc3nsnc3c2)ccc1NC(=O)c1ccco1. The normalized spacial score (nSPS) is 10.7. The highest BCUT2D eigenvalue weighted by Gasteiger charge is 2.12. The summed E-state index contributed by atoms with van der Waals surface area (Å²) in [4.78, 5) is 24.5. The number of furan rings is 1. The first kappa shape index (κ1) is 16.9. The number of hydrogen-bond donors (Lipinski definition) is 2. The van der Waals surface area contributed by atoms with Gasteiger partial charge in [-0.1, -0.05) is 0 Å². The molecule has 2 aromatic carbocycles. The van der Waals surface area contributed by atoms with Gasteiger partial charge < -0.3 is 15.1 Å². The summed E-state index contributed by atoms with van der Waals surface area (Å²) in [7, 11) is 0. The van der Waals surface area contributed by atoms with Gasteiger partial charge in [-0.2, -0.15) is 8.75 Å². The number of aromatic nitrogens is 2. The zero-order valence-corrected chi connectivity index (χ0v) is 15.0. The minimum Gasteiger partial charge on any atom is -0.459 e. The number of nitrogens with zero attached hydrogens (tertiary/aromatic N) is 2. The molecular formula is C19H14N4O3S. The summed E-state index contributed by atoms with van der Waals surface area (Å²) in [6.45, 7) is 1.85. The van der Waals surface area contributed by atoms with E-state index in [-0.39, 0.29) is 17.6 Å². The van der Waals surface area contributed by atoms with Crippen molar-refractivity contribution in [2.75, 3.05) is 10.6 Å². The Morgan fingerprint density at radius 1 is 0.963 bits per heavy atom. The van der Waals surface area contributed by atoms with Crippen LogP contribution in [0.4, 0.5) is 11.4 Å². The third-order valence-corrected chi connectivity index (χ3v) is 4.55. The summed E-state index contributed by atoms with van der Waals surface area (Å²) in [5.41, 5.74) is 4.05. The minimum atomic E-state index is -0.329. The van der Waals surface area contributed by atoms with Crippen molar-refractivity contribution in [2.45, 2.75) is 6.92 Å². The maximum absolute atomic E-state index is 12.5. The van der Waals surface area contributed by atoms with Crippen LogP contribution in [0.2, 0.25) is 0 Å². The Labute approximate surface area is 158 Å². The van der Waals surface area contributed by atoms with Crippen LogP contribution in [0.5, 0.6) is 0 Å². The van der Waals surface area contributed by atoms with Crippen LogP contribution >= 0.6 is 11.7 Å². The number of amides is 2. The number of rotatable bonds is 4. The fraction of sp³-hybridized carbons (Fsp3) is 0.0526. The lowest BCUT2D eigenvalue weighted by Gasteiger charge is -2.10. The van der Waals surface area contributed by atoms with Crippen molar-refractivity contribution >= 4 is 46.0 Å². The van der Waals surface area contributed by atoms with Crippen LogP contribution in [0.15, 0.2) is 59.2 Å². The van der Waals surface area contributed by atoms with Crippen molar-refractivity contribution in [3.05, 3.63) is 71.7 Å². The molecule has 134 valence electrons. The van der Waals surface area contributed by atoms with Crippen molar-refractivity contribution in [1.82, 2.24) is 8.75 Å². The predicted molar refractivity (Wildman–Crippen MR) is 103 cm³/mol. The summed E-state index contributed by atoms with van der Waals surface area (Å²) in [6, 6.07) is 13.7. The number of fused-ring (bicyclic) bond motifs is 1. The quantitative estimate of drug-likeness (QED) is 0.557.